The first-order chi connectivity index (χ1) is 11.3. The van der Waals surface area contributed by atoms with Crippen LogP contribution in [0, 0.1) is 23.2 Å². The Balaban J connectivity index is 1.30. The third-order valence-electron chi connectivity index (χ3n) is 8.22. The van der Waals surface area contributed by atoms with E-state index in [1.807, 2.05) is 0 Å². The van der Waals surface area contributed by atoms with E-state index in [4.69, 9.17) is 0 Å². The second kappa shape index (κ2) is 5.98. The standard InChI is InChI=1S/C22H40N2/c1-20(2)6-5-7-21(3,4)24(20)9-8-23-16-22-13-17-10-18(14-22)12-19(11-17)15-22/h17-19,23H,5-16H2,1-4H3. The lowest BCUT2D eigenvalue weighted by Crippen LogP contribution is -2.60. The van der Waals surface area contributed by atoms with Crippen LogP contribution in [-0.2, 0) is 0 Å². The predicted octanol–water partition coefficient (Wildman–Crippen LogP) is 4.84. The van der Waals surface area contributed by atoms with Crippen LogP contribution in [0.5, 0.6) is 0 Å². The van der Waals surface area contributed by atoms with Crippen molar-refractivity contribution in [3.05, 3.63) is 0 Å². The molecule has 4 bridgehead atoms. The van der Waals surface area contributed by atoms with Crippen LogP contribution >= 0.6 is 0 Å². The van der Waals surface area contributed by atoms with Crippen LogP contribution < -0.4 is 5.32 Å². The van der Waals surface area contributed by atoms with Crippen LogP contribution in [0.25, 0.3) is 0 Å². The zero-order valence-corrected chi connectivity index (χ0v) is 16.7. The third-order valence-corrected chi connectivity index (χ3v) is 8.22. The van der Waals surface area contributed by atoms with Crippen molar-refractivity contribution < 1.29 is 0 Å². The first-order valence-corrected chi connectivity index (χ1v) is 10.8. The van der Waals surface area contributed by atoms with Gasteiger partial charge in [-0.2, -0.15) is 0 Å². The summed E-state index contributed by atoms with van der Waals surface area (Å²) in [6.07, 6.45) is 13.4. The van der Waals surface area contributed by atoms with Crippen molar-refractivity contribution in [2.24, 2.45) is 23.2 Å². The van der Waals surface area contributed by atoms with E-state index in [1.165, 1.54) is 58.2 Å². The Morgan fingerprint density at radius 2 is 1.33 bits per heavy atom. The molecule has 2 heteroatoms. The Labute approximate surface area is 150 Å². The summed E-state index contributed by atoms with van der Waals surface area (Å²) < 4.78 is 0. The van der Waals surface area contributed by atoms with Crippen LogP contribution in [0.4, 0.5) is 0 Å². The van der Waals surface area contributed by atoms with E-state index in [9.17, 15) is 0 Å². The molecule has 1 aliphatic heterocycles. The number of nitrogens with one attached hydrogen (secondary N) is 1. The monoisotopic (exact) mass is 332 g/mol. The van der Waals surface area contributed by atoms with Crippen LogP contribution in [-0.4, -0.2) is 35.6 Å². The molecule has 24 heavy (non-hydrogen) atoms. The summed E-state index contributed by atoms with van der Waals surface area (Å²) in [6.45, 7) is 13.5. The van der Waals surface area contributed by atoms with Crippen LogP contribution in [0.1, 0.15) is 85.5 Å². The Morgan fingerprint density at radius 1 is 0.833 bits per heavy atom. The second-order valence-electron chi connectivity index (χ2n) is 11.2. The summed E-state index contributed by atoms with van der Waals surface area (Å²) in [5.41, 5.74) is 1.41. The van der Waals surface area contributed by atoms with Gasteiger partial charge in [0.05, 0.1) is 0 Å². The molecule has 138 valence electrons. The number of piperidine rings is 1. The van der Waals surface area contributed by atoms with Gasteiger partial charge in [0.25, 0.3) is 0 Å². The fraction of sp³-hybridized carbons (Fsp3) is 1.00. The summed E-state index contributed by atoms with van der Waals surface area (Å²) in [5.74, 6) is 3.24. The molecule has 4 aliphatic carbocycles. The molecular formula is C22H40N2. The van der Waals surface area contributed by atoms with E-state index in [-0.39, 0.29) is 0 Å². The van der Waals surface area contributed by atoms with Gasteiger partial charge in [0, 0.05) is 30.7 Å². The molecule has 0 aromatic heterocycles. The van der Waals surface area contributed by atoms with Crippen molar-refractivity contribution >= 4 is 0 Å². The summed E-state index contributed by atoms with van der Waals surface area (Å²) in [4.78, 5) is 2.79. The molecule has 0 spiro atoms. The highest BCUT2D eigenvalue weighted by molar-refractivity contribution is 5.02. The number of hydrogen-bond donors (Lipinski definition) is 1. The minimum absolute atomic E-state index is 0.365. The minimum Gasteiger partial charge on any atom is -0.315 e. The summed E-state index contributed by atoms with van der Waals surface area (Å²) in [7, 11) is 0. The molecule has 1 saturated heterocycles. The van der Waals surface area contributed by atoms with Crippen molar-refractivity contribution in [1.29, 1.82) is 0 Å². The maximum absolute atomic E-state index is 3.92. The summed E-state index contributed by atoms with van der Waals surface area (Å²) >= 11 is 0. The van der Waals surface area contributed by atoms with Gasteiger partial charge in [0.1, 0.15) is 0 Å². The van der Waals surface area contributed by atoms with Crippen LogP contribution in [0.2, 0.25) is 0 Å². The molecule has 0 radical (unpaired) electrons. The lowest BCUT2D eigenvalue weighted by molar-refractivity contribution is -0.0536. The number of likely N-dealkylation sites (tertiary alicyclic amines) is 1. The lowest BCUT2D eigenvalue weighted by atomic mass is 9.49. The van der Waals surface area contributed by atoms with Crippen molar-refractivity contribution in [2.75, 3.05) is 19.6 Å². The normalized spacial score (nSPS) is 43.2. The van der Waals surface area contributed by atoms with E-state index < -0.39 is 0 Å². The van der Waals surface area contributed by atoms with E-state index in [1.54, 1.807) is 19.3 Å². The van der Waals surface area contributed by atoms with E-state index >= 15 is 0 Å². The van der Waals surface area contributed by atoms with E-state index in [2.05, 4.69) is 37.9 Å². The molecular weight excluding hydrogens is 292 g/mol. The van der Waals surface area contributed by atoms with Gasteiger partial charge in [-0.05, 0) is 109 Å². The summed E-state index contributed by atoms with van der Waals surface area (Å²) in [5, 5.41) is 3.92. The highest BCUT2D eigenvalue weighted by Crippen LogP contribution is 2.59. The molecule has 0 atom stereocenters. The highest BCUT2D eigenvalue weighted by atomic mass is 15.3. The van der Waals surface area contributed by atoms with Gasteiger partial charge in [-0.25, -0.2) is 0 Å². The average molecular weight is 333 g/mol. The number of hydrogen-bond acceptors (Lipinski definition) is 2. The molecule has 5 rings (SSSR count). The molecule has 0 aromatic rings. The Morgan fingerprint density at radius 3 is 1.83 bits per heavy atom. The van der Waals surface area contributed by atoms with Gasteiger partial charge < -0.3 is 5.32 Å². The van der Waals surface area contributed by atoms with Gasteiger partial charge in [-0.1, -0.05) is 0 Å². The minimum atomic E-state index is 0.365. The van der Waals surface area contributed by atoms with Crippen molar-refractivity contribution in [3.63, 3.8) is 0 Å². The largest absolute Gasteiger partial charge is 0.315 e. The van der Waals surface area contributed by atoms with Gasteiger partial charge in [0.2, 0.25) is 0 Å². The van der Waals surface area contributed by atoms with E-state index in [0.29, 0.717) is 16.5 Å². The van der Waals surface area contributed by atoms with Gasteiger partial charge in [0.15, 0.2) is 0 Å². The zero-order valence-electron chi connectivity index (χ0n) is 16.7. The lowest BCUT2D eigenvalue weighted by Gasteiger charge is -2.57. The molecule has 2 nitrogen and oxygen atoms in total. The summed E-state index contributed by atoms with van der Waals surface area (Å²) in [6, 6.07) is 0. The maximum atomic E-state index is 3.92. The quantitative estimate of drug-likeness (QED) is 0.725. The Hall–Kier alpha value is -0.0800. The molecule has 1 N–H and O–H groups in total. The SMILES string of the molecule is CC1(C)CCCC(C)(C)N1CCNCC12CC3CC(CC(C3)C1)C2. The smallest absolute Gasteiger partial charge is 0.0159 e. The first kappa shape index (κ1) is 17.3. The molecule has 0 amide bonds. The fourth-order valence-corrected chi connectivity index (χ4v) is 7.70. The predicted molar refractivity (Wildman–Crippen MR) is 102 cm³/mol. The van der Waals surface area contributed by atoms with Crippen molar-refractivity contribution in [3.8, 4) is 0 Å². The van der Waals surface area contributed by atoms with Gasteiger partial charge >= 0.3 is 0 Å². The topological polar surface area (TPSA) is 15.3 Å². The molecule has 0 aromatic carbocycles. The molecule has 0 unspecified atom stereocenters. The first-order valence-electron chi connectivity index (χ1n) is 10.8. The fourth-order valence-electron chi connectivity index (χ4n) is 7.70. The molecule has 1 heterocycles. The number of nitrogens with zero attached hydrogens (tertiary/aromatic N) is 1. The van der Waals surface area contributed by atoms with Gasteiger partial charge in [-0.15, -0.1) is 0 Å². The molecule has 5 fully saturated rings. The highest BCUT2D eigenvalue weighted by Gasteiger charge is 2.50. The van der Waals surface area contributed by atoms with Crippen molar-refractivity contribution in [2.45, 2.75) is 96.6 Å². The van der Waals surface area contributed by atoms with E-state index in [0.717, 1.165) is 17.8 Å². The van der Waals surface area contributed by atoms with Crippen molar-refractivity contribution in [1.82, 2.24) is 10.2 Å². The van der Waals surface area contributed by atoms with Crippen LogP contribution in [0.15, 0.2) is 0 Å². The number of rotatable bonds is 5. The van der Waals surface area contributed by atoms with Crippen LogP contribution in [0.3, 0.4) is 0 Å². The molecule has 4 saturated carbocycles. The second-order valence-corrected chi connectivity index (χ2v) is 11.2. The third kappa shape index (κ3) is 3.18. The zero-order chi connectivity index (χ0) is 17.0. The molecule has 5 aliphatic rings. The maximum Gasteiger partial charge on any atom is 0.0159 e. The Bertz CT molecular complexity index is 413. The van der Waals surface area contributed by atoms with Gasteiger partial charge in [-0.3, -0.25) is 4.90 Å². The average Bonchev–Trinajstić information content (AvgIpc) is 2.43. The Kier molecular flexibility index (Phi) is 4.32.